The van der Waals surface area contributed by atoms with Crippen LogP contribution in [0.2, 0.25) is 0 Å². The summed E-state index contributed by atoms with van der Waals surface area (Å²) in [6.45, 7) is 0. The molecule has 0 aliphatic rings. The lowest BCUT2D eigenvalue weighted by atomic mass is 10.1. The molecular formula is C15H13IN2O. The zero-order valence-corrected chi connectivity index (χ0v) is 12.4. The molecule has 3 rings (SSSR count). The summed E-state index contributed by atoms with van der Waals surface area (Å²) in [4.78, 5) is 4.44. The molecule has 96 valence electrons. The molecule has 0 fully saturated rings. The summed E-state index contributed by atoms with van der Waals surface area (Å²) >= 11 is 2.27. The number of hydrogen-bond donors (Lipinski definition) is 1. The van der Waals surface area contributed by atoms with E-state index >= 15 is 0 Å². The summed E-state index contributed by atoms with van der Waals surface area (Å²) in [5.41, 5.74) is 2.69. The molecular weight excluding hydrogens is 351 g/mol. The Balaban J connectivity index is 1.83. The molecule has 1 unspecified atom stereocenters. The Labute approximate surface area is 125 Å². The highest BCUT2D eigenvalue weighted by Crippen LogP contribution is 2.19. The number of imidazole rings is 1. The van der Waals surface area contributed by atoms with Gasteiger partial charge in [0.15, 0.2) is 0 Å². The third-order valence-electron chi connectivity index (χ3n) is 3.07. The lowest BCUT2D eigenvalue weighted by Crippen LogP contribution is -2.02. The molecule has 2 aromatic heterocycles. The Kier molecular flexibility index (Phi) is 3.52. The lowest BCUT2D eigenvalue weighted by molar-refractivity contribution is 0.174. The van der Waals surface area contributed by atoms with E-state index in [0.717, 1.165) is 11.2 Å². The Hall–Kier alpha value is -1.40. The molecule has 3 nitrogen and oxygen atoms in total. The summed E-state index contributed by atoms with van der Waals surface area (Å²) in [6.07, 6.45) is 3.83. The second kappa shape index (κ2) is 5.30. The van der Waals surface area contributed by atoms with E-state index in [1.807, 2.05) is 59.3 Å². The normalized spacial score (nSPS) is 12.7. The highest BCUT2D eigenvalue weighted by molar-refractivity contribution is 14.1. The van der Waals surface area contributed by atoms with Crippen LogP contribution in [0.15, 0.2) is 54.9 Å². The average Bonchev–Trinajstić information content (AvgIpc) is 2.85. The van der Waals surface area contributed by atoms with Gasteiger partial charge in [-0.15, -0.1) is 0 Å². The predicted molar refractivity (Wildman–Crippen MR) is 83.0 cm³/mol. The molecule has 0 aliphatic heterocycles. The third kappa shape index (κ3) is 2.79. The molecule has 1 N–H and O–H groups in total. The van der Waals surface area contributed by atoms with Gasteiger partial charge in [-0.3, -0.25) is 0 Å². The van der Waals surface area contributed by atoms with Crippen LogP contribution in [0.3, 0.4) is 0 Å². The lowest BCUT2D eigenvalue weighted by Gasteiger charge is -2.07. The zero-order valence-electron chi connectivity index (χ0n) is 10.2. The summed E-state index contributed by atoms with van der Waals surface area (Å²) in [7, 11) is 0. The predicted octanol–water partition coefficient (Wildman–Crippen LogP) is 3.22. The van der Waals surface area contributed by atoms with Crippen LogP contribution in [-0.4, -0.2) is 14.5 Å². The minimum atomic E-state index is -0.569. The Morgan fingerprint density at radius 2 is 1.95 bits per heavy atom. The number of aliphatic hydroxyl groups is 1. The second-order valence-corrected chi connectivity index (χ2v) is 5.72. The topological polar surface area (TPSA) is 37.5 Å². The van der Waals surface area contributed by atoms with Crippen LogP contribution in [-0.2, 0) is 6.42 Å². The minimum Gasteiger partial charge on any atom is -0.386 e. The van der Waals surface area contributed by atoms with E-state index in [0.29, 0.717) is 12.1 Å². The van der Waals surface area contributed by atoms with Crippen LogP contribution in [0.4, 0.5) is 0 Å². The summed E-state index contributed by atoms with van der Waals surface area (Å²) in [5.74, 6) is 0. The van der Waals surface area contributed by atoms with Crippen molar-refractivity contribution in [1.82, 2.24) is 9.38 Å². The second-order valence-electron chi connectivity index (χ2n) is 4.48. The maximum absolute atomic E-state index is 10.3. The maximum Gasteiger partial charge on any atom is 0.137 e. The number of halogens is 1. The van der Waals surface area contributed by atoms with Crippen molar-refractivity contribution in [2.45, 2.75) is 12.5 Å². The van der Waals surface area contributed by atoms with Gasteiger partial charge >= 0.3 is 0 Å². The van der Waals surface area contributed by atoms with Crippen molar-refractivity contribution in [3.8, 4) is 0 Å². The van der Waals surface area contributed by atoms with Gasteiger partial charge in [-0.25, -0.2) is 4.98 Å². The van der Waals surface area contributed by atoms with Crippen LogP contribution in [0.1, 0.15) is 17.4 Å². The minimum absolute atomic E-state index is 0.569. The van der Waals surface area contributed by atoms with Crippen molar-refractivity contribution in [3.63, 3.8) is 0 Å². The quantitative estimate of drug-likeness (QED) is 0.725. The first-order valence-electron chi connectivity index (χ1n) is 6.08. The largest absolute Gasteiger partial charge is 0.386 e. The smallest absolute Gasteiger partial charge is 0.137 e. The number of pyridine rings is 1. The molecule has 0 saturated heterocycles. The van der Waals surface area contributed by atoms with Gasteiger partial charge < -0.3 is 9.51 Å². The van der Waals surface area contributed by atoms with Gasteiger partial charge in [-0.05, 0) is 52.4 Å². The molecule has 0 amide bonds. The first kappa shape index (κ1) is 12.6. The van der Waals surface area contributed by atoms with E-state index < -0.39 is 6.10 Å². The van der Waals surface area contributed by atoms with Crippen LogP contribution >= 0.6 is 22.6 Å². The average molecular weight is 364 g/mol. The molecule has 1 aromatic carbocycles. The number of aromatic nitrogens is 2. The van der Waals surface area contributed by atoms with Crippen LogP contribution in [0.25, 0.3) is 5.65 Å². The highest BCUT2D eigenvalue weighted by atomic mass is 127. The van der Waals surface area contributed by atoms with Gasteiger partial charge in [-0.2, -0.15) is 0 Å². The van der Waals surface area contributed by atoms with Crippen molar-refractivity contribution >= 4 is 28.2 Å². The molecule has 0 radical (unpaired) electrons. The standard InChI is InChI=1S/C15H13IN2O/c16-12-6-4-11(5-7-12)9-14(19)13-10-18-8-2-1-3-15(18)17-13/h1-8,10,14,19H,9H2. The Morgan fingerprint density at radius 3 is 2.68 bits per heavy atom. The summed E-state index contributed by atoms with van der Waals surface area (Å²) < 4.78 is 3.12. The van der Waals surface area contributed by atoms with Crippen LogP contribution < -0.4 is 0 Å². The molecule has 2 heterocycles. The van der Waals surface area contributed by atoms with Gasteiger partial charge in [0.25, 0.3) is 0 Å². The SMILES string of the molecule is OC(Cc1ccc(I)cc1)c1cn2ccccc2n1. The molecule has 0 spiro atoms. The summed E-state index contributed by atoms with van der Waals surface area (Å²) in [5, 5.41) is 10.3. The van der Waals surface area contributed by atoms with E-state index in [1.54, 1.807) is 0 Å². The van der Waals surface area contributed by atoms with E-state index in [-0.39, 0.29) is 0 Å². The molecule has 0 aliphatic carbocycles. The zero-order chi connectivity index (χ0) is 13.2. The Morgan fingerprint density at radius 1 is 1.16 bits per heavy atom. The van der Waals surface area contributed by atoms with E-state index in [1.165, 1.54) is 3.57 Å². The van der Waals surface area contributed by atoms with Crippen LogP contribution in [0, 0.1) is 3.57 Å². The molecule has 0 bridgehead atoms. The maximum atomic E-state index is 10.3. The Bertz CT molecular complexity index is 658. The van der Waals surface area contributed by atoms with Crippen molar-refractivity contribution in [1.29, 1.82) is 0 Å². The van der Waals surface area contributed by atoms with E-state index in [4.69, 9.17) is 0 Å². The first-order valence-corrected chi connectivity index (χ1v) is 7.16. The summed E-state index contributed by atoms with van der Waals surface area (Å²) in [6, 6.07) is 14.0. The van der Waals surface area contributed by atoms with Crippen molar-refractivity contribution < 1.29 is 5.11 Å². The van der Waals surface area contributed by atoms with Crippen molar-refractivity contribution in [3.05, 3.63) is 69.7 Å². The van der Waals surface area contributed by atoms with Gasteiger partial charge in [0, 0.05) is 22.4 Å². The highest BCUT2D eigenvalue weighted by Gasteiger charge is 2.12. The number of fused-ring (bicyclic) bond motifs is 1. The molecule has 3 aromatic rings. The molecule has 4 heteroatoms. The monoisotopic (exact) mass is 364 g/mol. The van der Waals surface area contributed by atoms with Crippen molar-refractivity contribution in [2.75, 3.05) is 0 Å². The third-order valence-corrected chi connectivity index (χ3v) is 3.79. The fourth-order valence-electron chi connectivity index (χ4n) is 2.06. The van der Waals surface area contributed by atoms with Gasteiger partial charge in [-0.1, -0.05) is 18.2 Å². The van der Waals surface area contributed by atoms with Gasteiger partial charge in [0.2, 0.25) is 0 Å². The number of rotatable bonds is 3. The van der Waals surface area contributed by atoms with Crippen molar-refractivity contribution in [2.24, 2.45) is 0 Å². The van der Waals surface area contributed by atoms with Crippen LogP contribution in [0.5, 0.6) is 0 Å². The molecule has 1 atom stereocenters. The number of aliphatic hydroxyl groups excluding tert-OH is 1. The van der Waals surface area contributed by atoms with Gasteiger partial charge in [0.05, 0.1) is 5.69 Å². The fourth-order valence-corrected chi connectivity index (χ4v) is 2.42. The van der Waals surface area contributed by atoms with Gasteiger partial charge in [0.1, 0.15) is 11.8 Å². The van der Waals surface area contributed by atoms with E-state index in [2.05, 4.69) is 27.6 Å². The van der Waals surface area contributed by atoms with E-state index in [9.17, 15) is 5.11 Å². The molecule has 0 saturated carbocycles. The first-order chi connectivity index (χ1) is 9.22. The fraction of sp³-hybridized carbons (Fsp3) is 0.133. The number of hydrogen-bond acceptors (Lipinski definition) is 2. The number of benzene rings is 1. The number of nitrogens with zero attached hydrogens (tertiary/aromatic N) is 2. The molecule has 19 heavy (non-hydrogen) atoms.